The minimum Gasteiger partial charge on any atom is -0.321 e. The van der Waals surface area contributed by atoms with Crippen LogP contribution in [0, 0.1) is 0 Å². The van der Waals surface area contributed by atoms with Gasteiger partial charge in [0, 0.05) is 12.2 Å². The van der Waals surface area contributed by atoms with Gasteiger partial charge in [-0.25, -0.2) is 18.0 Å². The van der Waals surface area contributed by atoms with E-state index in [1.165, 1.54) is 64.2 Å². The molecular formula is C28H52O10S2. The molecule has 0 spiro atoms. The van der Waals surface area contributed by atoms with Crippen molar-refractivity contribution in [2.75, 3.05) is 13.2 Å². The Morgan fingerprint density at radius 1 is 0.450 bits per heavy atom. The van der Waals surface area contributed by atoms with Crippen molar-refractivity contribution in [3.63, 3.8) is 0 Å². The van der Waals surface area contributed by atoms with Crippen molar-refractivity contribution in [2.45, 2.75) is 142 Å². The van der Waals surface area contributed by atoms with Gasteiger partial charge in [-0.05, 0) is 12.8 Å². The molecule has 10 nitrogen and oxygen atoms in total. The summed E-state index contributed by atoms with van der Waals surface area (Å²) in [5.74, 6) is -2.85. The van der Waals surface area contributed by atoms with Crippen LogP contribution in [-0.2, 0) is 47.1 Å². The zero-order valence-electron chi connectivity index (χ0n) is 24.6. The van der Waals surface area contributed by atoms with Crippen LogP contribution in [0.25, 0.3) is 0 Å². The Kier molecular flexibility index (Phi) is 24.3. The second-order valence-corrected chi connectivity index (χ2v) is 12.4. The Morgan fingerprint density at radius 2 is 0.700 bits per heavy atom. The van der Waals surface area contributed by atoms with Gasteiger partial charge in [-0.2, -0.15) is 16.8 Å². The molecule has 0 N–H and O–H groups in total. The van der Waals surface area contributed by atoms with Crippen LogP contribution in [0.3, 0.4) is 0 Å². The molecule has 236 valence electrons. The average Bonchev–Trinajstić information content (AvgIpc) is 2.88. The molecule has 0 aliphatic carbocycles. The van der Waals surface area contributed by atoms with Gasteiger partial charge < -0.3 is 8.37 Å². The third-order valence-electron chi connectivity index (χ3n) is 6.18. The quantitative estimate of drug-likeness (QED) is 0.0670. The number of carbonyl (C=O) groups is 2. The molecule has 0 aliphatic rings. The number of rotatable bonds is 28. The summed E-state index contributed by atoms with van der Waals surface area (Å²) in [6.45, 7) is 4.10. The van der Waals surface area contributed by atoms with E-state index in [-0.39, 0.29) is 13.2 Å². The molecule has 40 heavy (non-hydrogen) atoms. The molecule has 0 aromatic carbocycles. The van der Waals surface area contributed by atoms with E-state index >= 15 is 0 Å². The Labute approximate surface area is 243 Å². The lowest BCUT2D eigenvalue weighted by Gasteiger charge is -2.05. The molecule has 0 aromatic heterocycles. The predicted octanol–water partition coefficient (Wildman–Crippen LogP) is 6.99. The highest BCUT2D eigenvalue weighted by atomic mass is 32.3. The molecule has 0 rings (SSSR count). The first-order chi connectivity index (χ1) is 19.1. The predicted molar refractivity (Wildman–Crippen MR) is 155 cm³/mol. The lowest BCUT2D eigenvalue weighted by atomic mass is 10.1. The molecule has 0 radical (unpaired) electrons. The number of hydrogen-bond donors (Lipinski definition) is 0. The van der Waals surface area contributed by atoms with E-state index in [0.717, 1.165) is 51.4 Å². The summed E-state index contributed by atoms with van der Waals surface area (Å²) < 4.78 is 64.5. The van der Waals surface area contributed by atoms with Crippen LogP contribution in [0.1, 0.15) is 142 Å². The highest BCUT2D eigenvalue weighted by Crippen LogP contribution is 2.12. The summed E-state index contributed by atoms with van der Waals surface area (Å²) in [6, 6.07) is 0. The average molecular weight is 613 g/mol. The van der Waals surface area contributed by atoms with Crippen molar-refractivity contribution in [3.05, 3.63) is 12.2 Å². The lowest BCUT2D eigenvalue weighted by molar-refractivity contribution is -0.131. The van der Waals surface area contributed by atoms with Crippen LogP contribution in [0.5, 0.6) is 0 Å². The van der Waals surface area contributed by atoms with Crippen molar-refractivity contribution < 1.29 is 43.2 Å². The first-order valence-corrected chi connectivity index (χ1v) is 17.7. The molecule has 12 heteroatoms. The van der Waals surface area contributed by atoms with Crippen LogP contribution < -0.4 is 0 Å². The normalized spacial score (nSPS) is 12.2. The number of carbonyl (C=O) groups excluding carboxylic acids is 2. The Bertz CT molecular complexity index is 811. The summed E-state index contributed by atoms with van der Waals surface area (Å²) in [4.78, 5) is 23.3. The summed E-state index contributed by atoms with van der Waals surface area (Å²) >= 11 is 0. The third kappa shape index (κ3) is 26.7. The molecule has 0 aliphatic heterocycles. The van der Waals surface area contributed by atoms with Gasteiger partial charge in [0.25, 0.3) is 0 Å². The van der Waals surface area contributed by atoms with Crippen LogP contribution in [0.2, 0.25) is 0 Å². The maximum absolute atomic E-state index is 11.7. The van der Waals surface area contributed by atoms with Crippen molar-refractivity contribution in [1.82, 2.24) is 0 Å². The van der Waals surface area contributed by atoms with E-state index in [1.807, 2.05) is 0 Å². The first-order valence-electron chi connectivity index (χ1n) is 15.1. The van der Waals surface area contributed by atoms with Gasteiger partial charge in [0.05, 0.1) is 13.2 Å². The summed E-state index contributed by atoms with van der Waals surface area (Å²) in [5.41, 5.74) is 0. The maximum Gasteiger partial charge on any atom is 0.451 e. The fourth-order valence-corrected chi connectivity index (χ4v) is 5.20. The second kappa shape index (κ2) is 25.2. The van der Waals surface area contributed by atoms with Gasteiger partial charge in [0.15, 0.2) is 0 Å². The molecule has 0 saturated heterocycles. The summed E-state index contributed by atoms with van der Waals surface area (Å²) in [5, 5.41) is 0. The molecule has 0 atom stereocenters. The lowest BCUT2D eigenvalue weighted by Crippen LogP contribution is -2.17. The molecule has 0 bridgehead atoms. The number of unbranched alkanes of at least 4 members (excludes halogenated alkanes) is 18. The molecule has 0 aromatic rings. The van der Waals surface area contributed by atoms with Crippen molar-refractivity contribution >= 4 is 32.7 Å². The van der Waals surface area contributed by atoms with E-state index in [1.54, 1.807) is 0 Å². The van der Waals surface area contributed by atoms with Crippen molar-refractivity contribution in [1.29, 1.82) is 0 Å². The van der Waals surface area contributed by atoms with Gasteiger partial charge >= 0.3 is 32.7 Å². The highest BCUT2D eigenvalue weighted by Gasteiger charge is 2.19. The zero-order valence-corrected chi connectivity index (χ0v) is 26.2. The van der Waals surface area contributed by atoms with Crippen molar-refractivity contribution in [2.24, 2.45) is 0 Å². The summed E-state index contributed by atoms with van der Waals surface area (Å²) in [7, 11) is -9.20. The SMILES string of the molecule is CCCCCCCCCCCCOS(=O)(=O)OC(=O)/C=C/C(=O)OS(=O)(=O)OCCCCCCCCCCCC. The van der Waals surface area contributed by atoms with Crippen LogP contribution >= 0.6 is 0 Å². The fourth-order valence-electron chi connectivity index (χ4n) is 3.94. The third-order valence-corrected chi connectivity index (χ3v) is 7.82. The highest BCUT2D eigenvalue weighted by molar-refractivity contribution is 7.82. The van der Waals surface area contributed by atoms with E-state index in [0.29, 0.717) is 25.0 Å². The smallest absolute Gasteiger partial charge is 0.321 e. The monoisotopic (exact) mass is 612 g/mol. The van der Waals surface area contributed by atoms with E-state index < -0.39 is 32.7 Å². The largest absolute Gasteiger partial charge is 0.451 e. The zero-order chi connectivity index (χ0) is 30.0. The topological polar surface area (TPSA) is 139 Å². The van der Waals surface area contributed by atoms with Gasteiger partial charge in [-0.1, -0.05) is 129 Å². The molecule has 0 fully saturated rings. The number of hydrogen-bond acceptors (Lipinski definition) is 10. The first kappa shape index (κ1) is 38.5. The van der Waals surface area contributed by atoms with Crippen LogP contribution in [0.15, 0.2) is 12.2 Å². The molecule has 0 amide bonds. The van der Waals surface area contributed by atoms with E-state index in [9.17, 15) is 26.4 Å². The minimum absolute atomic E-state index is 0.132. The van der Waals surface area contributed by atoms with Gasteiger partial charge in [-0.3, -0.25) is 0 Å². The van der Waals surface area contributed by atoms with Crippen LogP contribution in [-0.4, -0.2) is 42.0 Å². The van der Waals surface area contributed by atoms with Crippen molar-refractivity contribution in [3.8, 4) is 0 Å². The van der Waals surface area contributed by atoms with Gasteiger partial charge in [0.2, 0.25) is 0 Å². The minimum atomic E-state index is -4.60. The van der Waals surface area contributed by atoms with Gasteiger partial charge in [0.1, 0.15) is 0 Å². The molecular weight excluding hydrogens is 560 g/mol. The van der Waals surface area contributed by atoms with E-state index in [4.69, 9.17) is 0 Å². The van der Waals surface area contributed by atoms with E-state index in [2.05, 4.69) is 30.6 Å². The van der Waals surface area contributed by atoms with Crippen LogP contribution in [0.4, 0.5) is 0 Å². The Hall–Kier alpha value is -1.50. The van der Waals surface area contributed by atoms with Gasteiger partial charge in [-0.15, -0.1) is 0 Å². The molecule has 0 saturated carbocycles. The second-order valence-electron chi connectivity index (χ2n) is 9.96. The Balaban J connectivity index is 3.96. The maximum atomic E-state index is 11.7. The standard InChI is InChI=1S/C28H52O10S2/c1-3-5-7-9-11-13-15-17-19-21-25-35-39(31,32)37-27(29)23-24-28(30)38-40(33,34)36-26-22-20-18-16-14-12-10-8-6-4-2/h23-24H,3-22,25-26H2,1-2H3/b24-23+. The fraction of sp³-hybridized carbons (Fsp3) is 0.857. The molecule has 0 unspecified atom stereocenters. The Morgan fingerprint density at radius 3 is 0.975 bits per heavy atom. The molecule has 0 heterocycles. The summed E-state index contributed by atoms with van der Waals surface area (Å²) in [6.07, 6.45) is 22.3.